The van der Waals surface area contributed by atoms with Crippen molar-refractivity contribution in [2.24, 2.45) is 0 Å². The molecule has 118 valence electrons. The van der Waals surface area contributed by atoms with Gasteiger partial charge in [-0.1, -0.05) is 5.57 Å². The van der Waals surface area contributed by atoms with Crippen LogP contribution in [0.1, 0.15) is 47.5 Å². The summed E-state index contributed by atoms with van der Waals surface area (Å²) in [6.07, 6.45) is 1.17. The third-order valence-corrected chi connectivity index (χ3v) is 3.27. The molecule has 0 N–H and O–H groups in total. The van der Waals surface area contributed by atoms with Crippen LogP contribution < -0.4 is 0 Å². The summed E-state index contributed by atoms with van der Waals surface area (Å²) in [5, 5.41) is 0. The Kier molecular flexibility index (Phi) is 6.03. The number of piperidine rings is 1. The van der Waals surface area contributed by atoms with Crippen molar-refractivity contribution in [1.82, 2.24) is 4.90 Å². The molecule has 0 saturated carbocycles. The molecule has 0 radical (unpaired) electrons. The second kappa shape index (κ2) is 7.32. The molecule has 0 unspecified atom stereocenters. The Bertz CT molecular complexity index is 457. The second-order valence-corrected chi connectivity index (χ2v) is 6.06. The molecular formula is C16H25NO4. The molecule has 1 aliphatic rings. The summed E-state index contributed by atoms with van der Waals surface area (Å²) in [7, 11) is 0. The number of carbonyl (C=O) groups excluding carboxylic acids is 2. The molecule has 0 aromatic rings. The van der Waals surface area contributed by atoms with Gasteiger partial charge in [0.1, 0.15) is 5.60 Å². The highest BCUT2D eigenvalue weighted by atomic mass is 16.6. The molecule has 5 nitrogen and oxygen atoms in total. The highest BCUT2D eigenvalue weighted by molar-refractivity contribution is 5.68. The molecule has 1 amide bonds. The van der Waals surface area contributed by atoms with E-state index in [1.54, 1.807) is 4.90 Å². The van der Waals surface area contributed by atoms with Gasteiger partial charge in [-0.25, -0.2) is 9.59 Å². The molecule has 1 heterocycles. The molecule has 0 spiro atoms. The summed E-state index contributed by atoms with van der Waals surface area (Å²) >= 11 is 0. The van der Waals surface area contributed by atoms with Crippen LogP contribution in [0.5, 0.6) is 0 Å². The van der Waals surface area contributed by atoms with Crippen molar-refractivity contribution in [2.45, 2.75) is 53.1 Å². The van der Waals surface area contributed by atoms with Crippen LogP contribution in [0, 0.1) is 0 Å². The summed E-state index contributed by atoms with van der Waals surface area (Å²) in [5.41, 5.74) is 1.50. The Labute approximate surface area is 126 Å². The molecule has 0 aromatic carbocycles. The first kappa shape index (κ1) is 17.3. The molecule has 0 aromatic heterocycles. The molecule has 0 aliphatic carbocycles. The van der Waals surface area contributed by atoms with Crippen LogP contribution in [0.15, 0.2) is 16.9 Å². The van der Waals surface area contributed by atoms with Crippen molar-refractivity contribution in [1.29, 1.82) is 0 Å². The largest absolute Gasteiger partial charge is 0.483 e. The second-order valence-electron chi connectivity index (χ2n) is 6.06. The summed E-state index contributed by atoms with van der Waals surface area (Å²) in [6, 6.07) is 0. The van der Waals surface area contributed by atoms with E-state index in [-0.39, 0.29) is 11.9 Å². The highest BCUT2D eigenvalue weighted by Gasteiger charge is 2.25. The lowest BCUT2D eigenvalue weighted by Crippen LogP contribution is -2.40. The van der Waals surface area contributed by atoms with E-state index >= 15 is 0 Å². The highest BCUT2D eigenvalue weighted by Crippen LogP contribution is 2.24. The minimum Gasteiger partial charge on any atom is -0.483 e. The third kappa shape index (κ3) is 5.27. The molecule has 1 fully saturated rings. The fourth-order valence-corrected chi connectivity index (χ4v) is 2.18. The van der Waals surface area contributed by atoms with Gasteiger partial charge in [0.25, 0.3) is 0 Å². The standard InChI is InChI=1S/C16H25NO4/c1-6-20-14(11-18)12(2)13-7-9-17(10-8-13)15(19)21-16(3,4)5/h6-10H2,1-5H3. The van der Waals surface area contributed by atoms with Gasteiger partial charge < -0.3 is 14.4 Å². The van der Waals surface area contributed by atoms with Gasteiger partial charge in [-0.15, -0.1) is 0 Å². The van der Waals surface area contributed by atoms with Gasteiger partial charge in [0, 0.05) is 18.7 Å². The monoisotopic (exact) mass is 295 g/mol. The topological polar surface area (TPSA) is 55.8 Å². The van der Waals surface area contributed by atoms with Gasteiger partial charge in [0.15, 0.2) is 5.94 Å². The number of nitrogens with zero attached hydrogens (tertiary/aromatic N) is 1. The van der Waals surface area contributed by atoms with Gasteiger partial charge in [-0.2, -0.15) is 0 Å². The molecule has 5 heteroatoms. The maximum Gasteiger partial charge on any atom is 0.410 e. The van der Waals surface area contributed by atoms with Crippen molar-refractivity contribution in [2.75, 3.05) is 19.7 Å². The van der Waals surface area contributed by atoms with E-state index in [1.807, 2.05) is 40.6 Å². The minimum absolute atomic E-state index is 0.276. The number of amides is 1. The Hall–Kier alpha value is -1.74. The predicted octanol–water partition coefficient (Wildman–Crippen LogP) is 3.09. The van der Waals surface area contributed by atoms with Crippen LogP contribution >= 0.6 is 0 Å². The molecule has 0 atom stereocenters. The smallest absolute Gasteiger partial charge is 0.410 e. The maximum atomic E-state index is 12.0. The van der Waals surface area contributed by atoms with Crippen LogP contribution in [-0.2, 0) is 14.3 Å². The number of likely N-dealkylation sites (tertiary alicyclic amines) is 1. The number of hydrogen-bond donors (Lipinski definition) is 0. The Morgan fingerprint density at radius 3 is 2.29 bits per heavy atom. The summed E-state index contributed by atoms with van der Waals surface area (Å²) in [5.74, 6) is 2.12. The quantitative estimate of drug-likeness (QED) is 0.593. The van der Waals surface area contributed by atoms with Crippen molar-refractivity contribution in [3.8, 4) is 0 Å². The Morgan fingerprint density at radius 2 is 1.86 bits per heavy atom. The van der Waals surface area contributed by atoms with Gasteiger partial charge in [-0.05, 0) is 47.5 Å². The van der Waals surface area contributed by atoms with Crippen LogP contribution in [0.25, 0.3) is 0 Å². The average Bonchev–Trinajstić information content (AvgIpc) is 2.42. The first-order valence-electron chi connectivity index (χ1n) is 7.33. The zero-order chi connectivity index (χ0) is 16.0. The van der Waals surface area contributed by atoms with Gasteiger partial charge in [0.2, 0.25) is 5.76 Å². The van der Waals surface area contributed by atoms with Crippen molar-refractivity contribution >= 4 is 12.0 Å². The van der Waals surface area contributed by atoms with E-state index in [4.69, 9.17) is 9.47 Å². The van der Waals surface area contributed by atoms with E-state index in [1.165, 1.54) is 0 Å². The normalized spacial score (nSPS) is 15.3. The first-order valence-corrected chi connectivity index (χ1v) is 7.33. The first-order chi connectivity index (χ1) is 9.78. The third-order valence-electron chi connectivity index (χ3n) is 3.27. The van der Waals surface area contributed by atoms with Crippen LogP contribution in [0.2, 0.25) is 0 Å². The molecular weight excluding hydrogens is 270 g/mol. The zero-order valence-electron chi connectivity index (χ0n) is 13.6. The maximum absolute atomic E-state index is 12.0. The molecule has 1 saturated heterocycles. The molecule has 0 bridgehead atoms. The van der Waals surface area contributed by atoms with Gasteiger partial charge in [-0.3, -0.25) is 0 Å². The summed E-state index contributed by atoms with van der Waals surface area (Å²) in [4.78, 5) is 24.6. The lowest BCUT2D eigenvalue weighted by Gasteiger charge is -2.31. The fourth-order valence-electron chi connectivity index (χ4n) is 2.18. The van der Waals surface area contributed by atoms with Gasteiger partial charge >= 0.3 is 6.09 Å². The van der Waals surface area contributed by atoms with Crippen LogP contribution in [0.4, 0.5) is 4.79 Å². The Morgan fingerprint density at radius 1 is 1.29 bits per heavy atom. The van der Waals surface area contributed by atoms with Crippen LogP contribution in [-0.4, -0.2) is 42.2 Å². The van der Waals surface area contributed by atoms with E-state index in [2.05, 4.69) is 0 Å². The minimum atomic E-state index is -0.481. The van der Waals surface area contributed by atoms with E-state index < -0.39 is 5.60 Å². The lowest BCUT2D eigenvalue weighted by molar-refractivity contribution is 0.0236. The number of allylic oxidation sites excluding steroid dienone is 1. The predicted molar refractivity (Wildman–Crippen MR) is 80.6 cm³/mol. The lowest BCUT2D eigenvalue weighted by atomic mass is 9.98. The molecule has 1 aliphatic heterocycles. The Balaban J connectivity index is 2.67. The van der Waals surface area contributed by atoms with Crippen molar-refractivity contribution in [3.05, 3.63) is 16.9 Å². The van der Waals surface area contributed by atoms with Crippen LogP contribution in [0.3, 0.4) is 0 Å². The van der Waals surface area contributed by atoms with Crippen molar-refractivity contribution in [3.63, 3.8) is 0 Å². The number of ether oxygens (including phenoxy) is 2. The van der Waals surface area contributed by atoms with Gasteiger partial charge in [0.05, 0.1) is 6.61 Å². The number of carbonyl (C=O) groups is 1. The molecule has 1 rings (SSSR count). The van der Waals surface area contributed by atoms with E-state index in [0.29, 0.717) is 19.7 Å². The zero-order valence-corrected chi connectivity index (χ0v) is 13.6. The van der Waals surface area contributed by atoms with Crippen molar-refractivity contribution < 1.29 is 19.1 Å². The summed E-state index contributed by atoms with van der Waals surface area (Å²) in [6.45, 7) is 10.9. The van der Waals surface area contributed by atoms with E-state index in [0.717, 1.165) is 24.0 Å². The fraction of sp³-hybridized carbons (Fsp3) is 0.688. The van der Waals surface area contributed by atoms with E-state index in [9.17, 15) is 9.59 Å². The number of hydrogen-bond acceptors (Lipinski definition) is 4. The SMILES string of the molecule is CCOC(=C=O)C(C)=C1CCN(C(=O)OC(C)(C)C)CC1. The molecule has 21 heavy (non-hydrogen) atoms. The number of rotatable bonds is 3. The summed E-state index contributed by atoms with van der Waals surface area (Å²) < 4.78 is 10.6. The average molecular weight is 295 g/mol.